The number of thiazole rings is 1. The predicted octanol–water partition coefficient (Wildman–Crippen LogP) is -0.271. The number of oxime groups is 1. The van der Waals surface area contributed by atoms with E-state index in [0.717, 1.165) is 42.8 Å². The van der Waals surface area contributed by atoms with Gasteiger partial charge in [0, 0.05) is 17.7 Å². The second-order valence-electron chi connectivity index (χ2n) is 9.46. The molecular weight excluding hydrogens is 536 g/mol. The number of H-pyrrole nitrogens is 1. The Morgan fingerprint density at radius 2 is 2.13 bits per heavy atom. The number of aromatic amines is 1. The molecule has 2 fully saturated rings. The Labute approximate surface area is 224 Å². The van der Waals surface area contributed by atoms with E-state index in [1.165, 1.54) is 31.0 Å². The molecule has 3 aliphatic heterocycles. The van der Waals surface area contributed by atoms with Gasteiger partial charge in [-0.3, -0.25) is 19.4 Å². The first-order valence-electron chi connectivity index (χ1n) is 11.8. The van der Waals surface area contributed by atoms with Crippen molar-refractivity contribution in [3.8, 4) is 0 Å². The van der Waals surface area contributed by atoms with Gasteiger partial charge in [-0.25, -0.2) is 14.9 Å². The van der Waals surface area contributed by atoms with Crippen LogP contribution in [-0.4, -0.2) is 106 Å². The SMILES string of the molecule is CC(C)(O/N=C(\C(=O)N[C@@H]1C(=O)N2C(c3nnn[nH]3)=C(CN3CCCC3)CS[C@H]12)c1csc(N)n1)C(=O)O. The number of fused-ring (bicyclic) bond motifs is 1. The number of nitrogens with two attached hydrogens (primary N) is 1. The highest BCUT2D eigenvalue weighted by Crippen LogP contribution is 2.43. The van der Waals surface area contributed by atoms with Crippen LogP contribution in [0.15, 0.2) is 16.1 Å². The molecule has 0 aliphatic carbocycles. The number of aliphatic carboxylic acids is 1. The smallest absolute Gasteiger partial charge is 0.350 e. The summed E-state index contributed by atoms with van der Waals surface area (Å²) in [4.78, 5) is 51.3. The number of nitrogens with one attached hydrogen (secondary N) is 2. The van der Waals surface area contributed by atoms with Crippen LogP contribution in [-0.2, 0) is 19.2 Å². The maximum Gasteiger partial charge on any atom is 0.350 e. The normalized spacial score (nSPS) is 22.3. The van der Waals surface area contributed by atoms with Crippen LogP contribution in [0, 0.1) is 0 Å². The molecule has 2 aromatic rings. The molecule has 0 spiro atoms. The van der Waals surface area contributed by atoms with Crippen LogP contribution in [0.5, 0.6) is 0 Å². The third-order valence-corrected chi connectivity index (χ3v) is 8.39. The van der Waals surface area contributed by atoms with Gasteiger partial charge in [0.2, 0.25) is 5.60 Å². The molecule has 5 N–H and O–H groups in total. The Bertz CT molecular complexity index is 1300. The van der Waals surface area contributed by atoms with E-state index in [2.05, 4.69) is 41.0 Å². The van der Waals surface area contributed by atoms with Gasteiger partial charge < -0.3 is 21.0 Å². The number of carbonyl (C=O) groups excluding carboxylic acids is 2. The molecule has 0 aromatic carbocycles. The fourth-order valence-corrected chi connectivity index (χ4v) is 6.19. The van der Waals surface area contributed by atoms with Gasteiger partial charge in [0.1, 0.15) is 17.1 Å². The van der Waals surface area contributed by atoms with Crippen molar-refractivity contribution in [3.63, 3.8) is 0 Å². The van der Waals surface area contributed by atoms with Crippen molar-refractivity contribution < 1.29 is 24.3 Å². The third kappa shape index (κ3) is 4.95. The number of anilines is 1. The van der Waals surface area contributed by atoms with Crippen molar-refractivity contribution in [2.45, 2.75) is 43.7 Å². The molecule has 2 saturated heterocycles. The highest BCUT2D eigenvalue weighted by Gasteiger charge is 2.54. The number of amides is 2. The first-order chi connectivity index (χ1) is 18.2. The van der Waals surface area contributed by atoms with Crippen molar-refractivity contribution in [2.75, 3.05) is 31.1 Å². The van der Waals surface area contributed by atoms with Gasteiger partial charge in [0.15, 0.2) is 16.7 Å². The summed E-state index contributed by atoms with van der Waals surface area (Å²) in [6.45, 7) is 5.28. The van der Waals surface area contributed by atoms with Gasteiger partial charge in [0.05, 0.1) is 5.70 Å². The van der Waals surface area contributed by atoms with Gasteiger partial charge >= 0.3 is 5.97 Å². The lowest BCUT2D eigenvalue weighted by Crippen LogP contribution is -2.70. The highest BCUT2D eigenvalue weighted by atomic mass is 32.2. The number of thioether (sulfide) groups is 1. The molecule has 17 heteroatoms. The average Bonchev–Trinajstić information content (AvgIpc) is 3.66. The van der Waals surface area contributed by atoms with Gasteiger partial charge in [0.25, 0.3) is 11.8 Å². The monoisotopic (exact) mass is 562 g/mol. The second-order valence-corrected chi connectivity index (χ2v) is 11.5. The van der Waals surface area contributed by atoms with Gasteiger partial charge in [-0.1, -0.05) is 5.16 Å². The summed E-state index contributed by atoms with van der Waals surface area (Å²) in [7, 11) is 0. The number of likely N-dealkylation sites (tertiary alicyclic amines) is 1. The molecule has 38 heavy (non-hydrogen) atoms. The topological polar surface area (TPSA) is 205 Å². The molecule has 5 rings (SSSR count). The molecule has 3 aliphatic rings. The molecule has 15 nitrogen and oxygen atoms in total. The minimum atomic E-state index is -1.70. The first kappa shape index (κ1) is 26.1. The van der Waals surface area contributed by atoms with E-state index in [9.17, 15) is 19.5 Å². The summed E-state index contributed by atoms with van der Waals surface area (Å²) in [6.07, 6.45) is 2.28. The Kier molecular flexibility index (Phi) is 7.06. The molecule has 0 unspecified atom stereocenters. The lowest BCUT2D eigenvalue weighted by molar-refractivity contribution is -0.161. The van der Waals surface area contributed by atoms with Crippen LogP contribution in [0.3, 0.4) is 0 Å². The van der Waals surface area contributed by atoms with E-state index in [1.807, 2.05) is 0 Å². The van der Waals surface area contributed by atoms with Crippen molar-refractivity contribution in [1.29, 1.82) is 0 Å². The number of carboxylic acid groups (broad SMARTS) is 1. The number of hydrogen-bond acceptors (Lipinski definition) is 13. The molecule has 0 radical (unpaired) electrons. The molecule has 5 heterocycles. The van der Waals surface area contributed by atoms with E-state index in [4.69, 9.17) is 10.6 Å². The molecule has 2 atom stereocenters. The highest BCUT2D eigenvalue weighted by molar-refractivity contribution is 8.00. The zero-order valence-electron chi connectivity index (χ0n) is 20.6. The van der Waals surface area contributed by atoms with Crippen LogP contribution in [0.4, 0.5) is 5.13 Å². The fourth-order valence-electron chi connectivity index (χ4n) is 4.31. The van der Waals surface area contributed by atoms with Crippen molar-refractivity contribution in [2.24, 2.45) is 5.16 Å². The van der Waals surface area contributed by atoms with Gasteiger partial charge in [-0.2, -0.15) is 0 Å². The molecule has 2 amide bonds. The average molecular weight is 563 g/mol. The van der Waals surface area contributed by atoms with Crippen molar-refractivity contribution in [1.82, 2.24) is 40.7 Å². The summed E-state index contributed by atoms with van der Waals surface area (Å²) in [5.74, 6) is -1.32. The second kappa shape index (κ2) is 10.3. The summed E-state index contributed by atoms with van der Waals surface area (Å²) in [5, 5.41) is 31.3. The van der Waals surface area contributed by atoms with Gasteiger partial charge in [-0.05, 0) is 55.8 Å². The van der Waals surface area contributed by atoms with Gasteiger partial charge in [-0.15, -0.1) is 28.2 Å². The molecule has 2 aromatic heterocycles. The predicted molar refractivity (Wildman–Crippen MR) is 138 cm³/mol. The van der Waals surface area contributed by atoms with Crippen LogP contribution < -0.4 is 11.1 Å². The van der Waals surface area contributed by atoms with Crippen LogP contribution >= 0.6 is 23.1 Å². The van der Waals surface area contributed by atoms with E-state index in [-0.39, 0.29) is 22.4 Å². The fraction of sp³-hybridized carbons (Fsp3) is 0.524. The molecular formula is C21H26N10O5S2. The zero-order chi connectivity index (χ0) is 27.0. The maximum absolute atomic E-state index is 13.4. The summed E-state index contributed by atoms with van der Waals surface area (Å²) in [6, 6.07) is -0.861. The number of aromatic nitrogens is 5. The number of tetrazole rings is 1. The van der Waals surface area contributed by atoms with Crippen LogP contribution in [0.2, 0.25) is 0 Å². The largest absolute Gasteiger partial charge is 0.478 e. The quantitative estimate of drug-likeness (QED) is 0.177. The van der Waals surface area contributed by atoms with E-state index in [1.54, 1.807) is 4.90 Å². The van der Waals surface area contributed by atoms with E-state index in [0.29, 0.717) is 23.8 Å². The Hall–Kier alpha value is -3.57. The van der Waals surface area contributed by atoms with E-state index < -0.39 is 28.9 Å². The zero-order valence-corrected chi connectivity index (χ0v) is 22.2. The molecule has 0 saturated carbocycles. The number of carboxylic acids is 1. The number of hydrogen-bond donors (Lipinski definition) is 4. The van der Waals surface area contributed by atoms with E-state index >= 15 is 0 Å². The Morgan fingerprint density at radius 1 is 1.37 bits per heavy atom. The number of nitrogen functional groups attached to an aromatic ring is 1. The van der Waals surface area contributed by atoms with Crippen molar-refractivity contribution in [3.05, 3.63) is 22.5 Å². The summed E-state index contributed by atoms with van der Waals surface area (Å²) in [5.41, 5.74) is 5.51. The minimum Gasteiger partial charge on any atom is -0.478 e. The summed E-state index contributed by atoms with van der Waals surface area (Å²) >= 11 is 2.61. The number of carbonyl (C=O) groups is 3. The standard InChI is InChI=1S/C21H26N10O5S2/c1-21(2,19(34)35)36-27-12(11-9-38-20(22)23-11)16(32)24-13-17(33)31-14(15-25-28-29-26-15)10(8-37-18(13)31)7-30-5-3-4-6-30/h9,13,18H,3-8H2,1-2H3,(H2,22,23)(H,24,32)(H,34,35)(H,25,26,28,29)/b27-12-/t13-,18-/m1/s1. The molecule has 202 valence electrons. The third-order valence-electron chi connectivity index (χ3n) is 6.38. The number of rotatable bonds is 9. The lowest BCUT2D eigenvalue weighted by Gasteiger charge is -2.50. The Morgan fingerprint density at radius 3 is 2.76 bits per heavy atom. The number of nitrogens with zero attached hydrogens (tertiary/aromatic N) is 7. The Balaban J connectivity index is 1.37. The lowest BCUT2D eigenvalue weighted by atomic mass is 10.0. The summed E-state index contributed by atoms with van der Waals surface area (Å²) < 4.78 is 0. The molecule has 0 bridgehead atoms. The minimum absolute atomic E-state index is 0.104. The van der Waals surface area contributed by atoms with Crippen LogP contribution in [0.25, 0.3) is 5.70 Å². The number of β-lactam (4-membered cyclic amide) rings is 1. The maximum atomic E-state index is 13.4. The first-order valence-corrected chi connectivity index (χ1v) is 13.7. The van der Waals surface area contributed by atoms with Crippen molar-refractivity contribution >= 4 is 57.4 Å². The van der Waals surface area contributed by atoms with Crippen LogP contribution in [0.1, 0.15) is 38.2 Å².